The lowest BCUT2D eigenvalue weighted by molar-refractivity contribution is 0.230. The van der Waals surface area contributed by atoms with Crippen LogP contribution in [0.3, 0.4) is 0 Å². The molecule has 1 aliphatic rings. The molecule has 0 aromatic heterocycles. The van der Waals surface area contributed by atoms with Crippen LogP contribution >= 0.6 is 0 Å². The Hall–Kier alpha value is -0.0800. The quantitative estimate of drug-likeness (QED) is 0.510. The van der Waals surface area contributed by atoms with E-state index in [-0.39, 0.29) is 0 Å². The van der Waals surface area contributed by atoms with Crippen molar-refractivity contribution in [1.82, 2.24) is 9.80 Å². The van der Waals surface area contributed by atoms with Crippen LogP contribution in [0.4, 0.5) is 0 Å². The van der Waals surface area contributed by atoms with Gasteiger partial charge in [0.15, 0.2) is 0 Å². The molecule has 54 valence electrons. The van der Waals surface area contributed by atoms with Gasteiger partial charge in [-0.3, -0.25) is 9.80 Å². The highest BCUT2D eigenvalue weighted by atomic mass is 15.4. The van der Waals surface area contributed by atoms with E-state index in [1.54, 1.807) is 0 Å². The van der Waals surface area contributed by atoms with Crippen molar-refractivity contribution in [2.75, 3.05) is 26.8 Å². The molecular formula is C7H16N2. The molecule has 1 aliphatic heterocycles. The lowest BCUT2D eigenvalue weighted by atomic mass is 10.3. The normalized spacial score (nSPS) is 24.0. The van der Waals surface area contributed by atoms with Crippen molar-refractivity contribution in [1.29, 1.82) is 0 Å². The maximum absolute atomic E-state index is 2.47. The van der Waals surface area contributed by atoms with Crippen molar-refractivity contribution in [2.24, 2.45) is 0 Å². The summed E-state index contributed by atoms with van der Waals surface area (Å²) < 4.78 is 0. The Kier molecular flexibility index (Phi) is 2.09. The Morgan fingerprint density at radius 3 is 2.11 bits per heavy atom. The van der Waals surface area contributed by atoms with Gasteiger partial charge in [0.2, 0.25) is 0 Å². The van der Waals surface area contributed by atoms with Gasteiger partial charge in [-0.25, -0.2) is 0 Å². The summed E-state index contributed by atoms with van der Waals surface area (Å²) >= 11 is 0. The minimum Gasteiger partial charge on any atom is -0.292 e. The van der Waals surface area contributed by atoms with Gasteiger partial charge in [-0.2, -0.15) is 0 Å². The van der Waals surface area contributed by atoms with Crippen LogP contribution in [-0.2, 0) is 0 Å². The van der Waals surface area contributed by atoms with Crippen LogP contribution in [-0.4, -0.2) is 42.6 Å². The topological polar surface area (TPSA) is 6.48 Å². The fourth-order valence-corrected chi connectivity index (χ4v) is 1.17. The first-order chi connectivity index (χ1) is 4.20. The van der Waals surface area contributed by atoms with E-state index in [9.17, 15) is 0 Å². The lowest BCUT2D eigenvalue weighted by Gasteiger charge is -2.19. The molecule has 2 nitrogen and oxygen atoms in total. The van der Waals surface area contributed by atoms with Gasteiger partial charge in [0, 0.05) is 19.1 Å². The van der Waals surface area contributed by atoms with Crippen LogP contribution < -0.4 is 0 Å². The maximum atomic E-state index is 2.47. The third-order valence-electron chi connectivity index (χ3n) is 1.92. The van der Waals surface area contributed by atoms with Gasteiger partial charge in [-0.05, 0) is 20.9 Å². The molecule has 0 aromatic carbocycles. The van der Waals surface area contributed by atoms with Crippen LogP contribution in [0.25, 0.3) is 0 Å². The lowest BCUT2D eigenvalue weighted by Crippen LogP contribution is -2.29. The fraction of sp³-hybridized carbons (Fsp3) is 1.00. The third-order valence-corrected chi connectivity index (χ3v) is 1.92. The van der Waals surface area contributed by atoms with E-state index >= 15 is 0 Å². The van der Waals surface area contributed by atoms with Crippen molar-refractivity contribution < 1.29 is 0 Å². The monoisotopic (exact) mass is 128 g/mol. The van der Waals surface area contributed by atoms with E-state index in [0.29, 0.717) is 0 Å². The zero-order valence-corrected chi connectivity index (χ0v) is 6.59. The molecule has 0 saturated carbocycles. The highest BCUT2D eigenvalue weighted by Crippen LogP contribution is 2.05. The number of rotatable bonds is 1. The van der Waals surface area contributed by atoms with Crippen molar-refractivity contribution in [3.63, 3.8) is 0 Å². The van der Waals surface area contributed by atoms with Gasteiger partial charge >= 0.3 is 0 Å². The zero-order chi connectivity index (χ0) is 6.85. The van der Waals surface area contributed by atoms with Crippen LogP contribution in [0.1, 0.15) is 13.8 Å². The average Bonchev–Trinajstić information content (AvgIpc) is 2.14. The summed E-state index contributed by atoms with van der Waals surface area (Å²) in [6.07, 6.45) is 0. The smallest absolute Gasteiger partial charge is 0.0506 e. The Morgan fingerprint density at radius 1 is 1.22 bits per heavy atom. The number of likely N-dealkylation sites (N-methyl/N-ethyl adjacent to an activating group) is 1. The largest absolute Gasteiger partial charge is 0.292 e. The predicted octanol–water partition coefficient (Wildman–Crippen LogP) is 0.600. The van der Waals surface area contributed by atoms with Gasteiger partial charge in [0.25, 0.3) is 0 Å². The first-order valence-electron chi connectivity index (χ1n) is 3.63. The summed E-state index contributed by atoms with van der Waals surface area (Å²) in [6, 6.07) is 0.718. The second-order valence-corrected chi connectivity index (χ2v) is 3.13. The molecule has 1 rings (SSSR count). The van der Waals surface area contributed by atoms with Gasteiger partial charge in [-0.15, -0.1) is 0 Å². The Labute approximate surface area is 57.4 Å². The number of hydrogen-bond acceptors (Lipinski definition) is 2. The molecule has 0 amide bonds. The summed E-state index contributed by atoms with van der Waals surface area (Å²) in [6.45, 7) is 8.13. The third kappa shape index (κ3) is 1.66. The molecule has 0 N–H and O–H groups in total. The molecular weight excluding hydrogens is 112 g/mol. The molecule has 0 aliphatic carbocycles. The minimum absolute atomic E-state index is 0.718. The Bertz CT molecular complexity index is 90.9. The second kappa shape index (κ2) is 2.67. The van der Waals surface area contributed by atoms with Crippen LogP contribution in [0, 0.1) is 0 Å². The minimum atomic E-state index is 0.718. The maximum Gasteiger partial charge on any atom is 0.0506 e. The molecule has 9 heavy (non-hydrogen) atoms. The van der Waals surface area contributed by atoms with Crippen molar-refractivity contribution in [3.8, 4) is 0 Å². The summed E-state index contributed by atoms with van der Waals surface area (Å²) in [7, 11) is 2.17. The number of hydrogen-bond donors (Lipinski definition) is 0. The van der Waals surface area contributed by atoms with Crippen LogP contribution in [0.2, 0.25) is 0 Å². The molecule has 0 unspecified atom stereocenters. The van der Waals surface area contributed by atoms with Gasteiger partial charge in [-0.1, -0.05) is 0 Å². The summed E-state index contributed by atoms with van der Waals surface area (Å²) in [5, 5.41) is 0. The SMILES string of the molecule is CC(C)N1CCN(C)C1. The van der Waals surface area contributed by atoms with Crippen molar-refractivity contribution >= 4 is 0 Å². The number of nitrogens with zero attached hydrogens (tertiary/aromatic N) is 2. The van der Waals surface area contributed by atoms with Gasteiger partial charge in [0.05, 0.1) is 6.67 Å². The van der Waals surface area contributed by atoms with Crippen molar-refractivity contribution in [3.05, 3.63) is 0 Å². The van der Waals surface area contributed by atoms with Crippen LogP contribution in [0.5, 0.6) is 0 Å². The Morgan fingerprint density at radius 2 is 1.89 bits per heavy atom. The van der Waals surface area contributed by atoms with E-state index in [4.69, 9.17) is 0 Å². The molecule has 1 fully saturated rings. The highest BCUT2D eigenvalue weighted by Gasteiger charge is 2.17. The zero-order valence-electron chi connectivity index (χ0n) is 6.59. The van der Waals surface area contributed by atoms with E-state index in [0.717, 1.165) is 12.7 Å². The first kappa shape index (κ1) is 7.03. The summed E-state index contributed by atoms with van der Waals surface area (Å²) in [4.78, 5) is 4.82. The molecule has 0 radical (unpaired) electrons. The molecule has 0 spiro atoms. The van der Waals surface area contributed by atoms with E-state index in [1.165, 1.54) is 13.1 Å². The van der Waals surface area contributed by atoms with Gasteiger partial charge in [0.1, 0.15) is 0 Å². The first-order valence-corrected chi connectivity index (χ1v) is 3.63. The molecule has 1 heterocycles. The summed E-state index contributed by atoms with van der Waals surface area (Å²) in [5.41, 5.74) is 0. The summed E-state index contributed by atoms with van der Waals surface area (Å²) in [5.74, 6) is 0. The molecule has 1 saturated heterocycles. The van der Waals surface area contributed by atoms with Crippen LogP contribution in [0.15, 0.2) is 0 Å². The highest BCUT2D eigenvalue weighted by molar-refractivity contribution is 4.70. The fourth-order valence-electron chi connectivity index (χ4n) is 1.17. The molecule has 0 atom stereocenters. The molecule has 0 bridgehead atoms. The van der Waals surface area contributed by atoms with Gasteiger partial charge < -0.3 is 0 Å². The van der Waals surface area contributed by atoms with E-state index in [2.05, 4.69) is 30.7 Å². The molecule has 0 aromatic rings. The predicted molar refractivity (Wildman–Crippen MR) is 39.3 cm³/mol. The second-order valence-electron chi connectivity index (χ2n) is 3.13. The van der Waals surface area contributed by atoms with E-state index in [1.807, 2.05) is 0 Å². The van der Waals surface area contributed by atoms with E-state index < -0.39 is 0 Å². The standard InChI is InChI=1S/C7H16N2/c1-7(2)9-5-4-8(3)6-9/h7H,4-6H2,1-3H3. The molecule has 2 heteroatoms. The Balaban J connectivity index is 2.30. The average molecular weight is 128 g/mol. The van der Waals surface area contributed by atoms with Crippen molar-refractivity contribution in [2.45, 2.75) is 19.9 Å².